The molecule has 1 aromatic rings. The third kappa shape index (κ3) is 2.79. The summed E-state index contributed by atoms with van der Waals surface area (Å²) in [6.07, 6.45) is 1.19. The van der Waals surface area contributed by atoms with Crippen molar-refractivity contribution in [3.8, 4) is 0 Å². The van der Waals surface area contributed by atoms with E-state index in [0.29, 0.717) is 12.8 Å². The van der Waals surface area contributed by atoms with Gasteiger partial charge in [0.1, 0.15) is 5.54 Å². The molecule has 0 unspecified atom stereocenters. The Bertz CT molecular complexity index is 399. The minimum absolute atomic E-state index is 0.596. The molecule has 17 heavy (non-hydrogen) atoms. The molecule has 0 atom stereocenters. The van der Waals surface area contributed by atoms with E-state index in [4.69, 9.17) is 0 Å². The van der Waals surface area contributed by atoms with E-state index in [-0.39, 0.29) is 0 Å². The monoisotopic (exact) mass is 298 g/mol. The first-order chi connectivity index (χ1) is 8.12. The molecule has 1 fully saturated rings. The highest BCUT2D eigenvalue weighted by Crippen LogP contribution is 2.25. The topological polar surface area (TPSA) is 61.4 Å². The molecule has 1 aliphatic heterocycles. The zero-order valence-electron chi connectivity index (χ0n) is 9.37. The molecule has 0 amide bonds. The molecule has 4 nitrogen and oxygen atoms in total. The summed E-state index contributed by atoms with van der Waals surface area (Å²) in [6.45, 7) is 1.46. The van der Waals surface area contributed by atoms with Crippen molar-refractivity contribution in [1.82, 2.24) is 5.32 Å². The summed E-state index contributed by atoms with van der Waals surface area (Å²) in [5, 5.41) is 15.7. The van der Waals surface area contributed by atoms with E-state index < -0.39 is 11.5 Å². The molecule has 3 N–H and O–H groups in total. The fourth-order valence-corrected chi connectivity index (χ4v) is 2.32. The molecule has 0 bridgehead atoms. The summed E-state index contributed by atoms with van der Waals surface area (Å²) >= 11 is 3.36. The van der Waals surface area contributed by atoms with Gasteiger partial charge in [-0.25, -0.2) is 4.79 Å². The largest absolute Gasteiger partial charge is 0.480 e. The summed E-state index contributed by atoms with van der Waals surface area (Å²) < 4.78 is 0.984. The number of carboxylic acid groups (broad SMARTS) is 1. The maximum atomic E-state index is 11.4. The van der Waals surface area contributed by atoms with Crippen LogP contribution in [0.1, 0.15) is 12.8 Å². The third-order valence-electron chi connectivity index (χ3n) is 3.09. The Kier molecular flexibility index (Phi) is 3.69. The van der Waals surface area contributed by atoms with E-state index in [9.17, 15) is 9.90 Å². The van der Waals surface area contributed by atoms with E-state index in [2.05, 4.69) is 26.6 Å². The molecule has 0 saturated carbocycles. The lowest BCUT2D eigenvalue weighted by Crippen LogP contribution is -2.53. The molecule has 0 aromatic heterocycles. The van der Waals surface area contributed by atoms with Gasteiger partial charge in [-0.05, 0) is 50.2 Å². The van der Waals surface area contributed by atoms with Crippen molar-refractivity contribution in [2.24, 2.45) is 0 Å². The maximum Gasteiger partial charge on any atom is 0.329 e. The Morgan fingerprint density at radius 3 is 2.41 bits per heavy atom. The lowest BCUT2D eigenvalue weighted by Gasteiger charge is -2.35. The molecule has 2 rings (SSSR count). The number of hydrogen-bond donors (Lipinski definition) is 3. The van der Waals surface area contributed by atoms with Crippen LogP contribution in [0.25, 0.3) is 0 Å². The van der Waals surface area contributed by atoms with Crippen molar-refractivity contribution < 1.29 is 9.90 Å². The first-order valence-electron chi connectivity index (χ1n) is 5.60. The summed E-state index contributed by atoms with van der Waals surface area (Å²) in [5.41, 5.74) is 0.0107. The Labute approximate surface area is 109 Å². The number of benzene rings is 1. The summed E-state index contributed by atoms with van der Waals surface area (Å²) in [5.74, 6) is -0.776. The number of rotatable bonds is 3. The first-order valence-corrected chi connectivity index (χ1v) is 6.40. The van der Waals surface area contributed by atoms with Gasteiger partial charge in [-0.2, -0.15) is 0 Å². The predicted octanol–water partition coefficient (Wildman–Crippen LogP) is 2.07. The highest BCUT2D eigenvalue weighted by Gasteiger charge is 2.39. The molecule has 0 spiro atoms. The van der Waals surface area contributed by atoms with E-state index in [1.807, 2.05) is 24.3 Å². The number of piperidine rings is 1. The standard InChI is InChI=1S/C12H15BrN2O2/c13-9-1-3-10(4-2-9)15-12(11(16)17)5-7-14-8-6-12/h1-4,14-15H,5-8H2,(H,16,17). The first kappa shape index (κ1) is 12.4. The predicted molar refractivity (Wildman–Crippen MR) is 70.2 cm³/mol. The Balaban J connectivity index is 2.17. The van der Waals surface area contributed by atoms with Crippen LogP contribution in [0.3, 0.4) is 0 Å². The molecule has 92 valence electrons. The lowest BCUT2D eigenvalue weighted by atomic mass is 9.88. The van der Waals surface area contributed by atoms with Crippen LogP contribution >= 0.6 is 15.9 Å². The summed E-state index contributed by atoms with van der Waals surface area (Å²) in [4.78, 5) is 11.4. The lowest BCUT2D eigenvalue weighted by molar-refractivity contribution is -0.143. The van der Waals surface area contributed by atoms with Crippen LogP contribution in [-0.4, -0.2) is 29.7 Å². The second kappa shape index (κ2) is 5.06. The van der Waals surface area contributed by atoms with Gasteiger partial charge in [0.25, 0.3) is 0 Å². The Morgan fingerprint density at radius 2 is 1.88 bits per heavy atom. The number of carboxylic acids is 1. The molecule has 5 heteroatoms. The number of aliphatic carboxylic acids is 1. The quantitative estimate of drug-likeness (QED) is 0.799. The average molecular weight is 299 g/mol. The summed E-state index contributed by atoms with van der Waals surface area (Å²) in [7, 11) is 0. The maximum absolute atomic E-state index is 11.4. The molecule has 0 aliphatic carbocycles. The van der Waals surface area contributed by atoms with Crippen LogP contribution < -0.4 is 10.6 Å². The third-order valence-corrected chi connectivity index (χ3v) is 3.62. The summed E-state index contributed by atoms with van der Waals surface area (Å²) in [6, 6.07) is 7.57. The molecule has 1 aromatic carbocycles. The van der Waals surface area contributed by atoms with Gasteiger partial charge in [0.2, 0.25) is 0 Å². The van der Waals surface area contributed by atoms with Crippen molar-refractivity contribution in [1.29, 1.82) is 0 Å². The highest BCUT2D eigenvalue weighted by atomic mass is 79.9. The van der Waals surface area contributed by atoms with Gasteiger partial charge in [-0.3, -0.25) is 0 Å². The number of nitrogens with one attached hydrogen (secondary N) is 2. The van der Waals surface area contributed by atoms with Gasteiger partial charge in [0.15, 0.2) is 0 Å². The van der Waals surface area contributed by atoms with Crippen molar-refractivity contribution in [2.75, 3.05) is 18.4 Å². The minimum Gasteiger partial charge on any atom is -0.480 e. The normalized spacial score (nSPS) is 18.6. The molecule has 1 aliphatic rings. The van der Waals surface area contributed by atoms with Gasteiger partial charge < -0.3 is 15.7 Å². The Hall–Kier alpha value is -1.07. The molecule has 1 heterocycles. The van der Waals surface area contributed by atoms with Crippen LogP contribution in [0.4, 0.5) is 5.69 Å². The number of halogens is 1. The Morgan fingerprint density at radius 1 is 1.29 bits per heavy atom. The van der Waals surface area contributed by atoms with Gasteiger partial charge >= 0.3 is 5.97 Å². The van der Waals surface area contributed by atoms with Crippen molar-refractivity contribution in [2.45, 2.75) is 18.4 Å². The van der Waals surface area contributed by atoms with Gasteiger partial charge in [-0.1, -0.05) is 15.9 Å². The smallest absolute Gasteiger partial charge is 0.329 e. The van der Waals surface area contributed by atoms with Crippen LogP contribution in [0.15, 0.2) is 28.7 Å². The molecule has 0 radical (unpaired) electrons. The van der Waals surface area contributed by atoms with Crippen molar-refractivity contribution >= 4 is 27.6 Å². The number of hydrogen-bond acceptors (Lipinski definition) is 3. The van der Waals surface area contributed by atoms with Crippen molar-refractivity contribution in [3.05, 3.63) is 28.7 Å². The molecular weight excluding hydrogens is 284 g/mol. The second-order valence-electron chi connectivity index (χ2n) is 4.27. The van der Waals surface area contributed by atoms with E-state index in [1.165, 1.54) is 0 Å². The van der Waals surface area contributed by atoms with Gasteiger partial charge in [0.05, 0.1) is 0 Å². The second-order valence-corrected chi connectivity index (χ2v) is 5.18. The van der Waals surface area contributed by atoms with Crippen LogP contribution in [0, 0.1) is 0 Å². The molecular formula is C12H15BrN2O2. The number of anilines is 1. The van der Waals surface area contributed by atoms with E-state index >= 15 is 0 Å². The average Bonchev–Trinajstić information content (AvgIpc) is 2.33. The highest BCUT2D eigenvalue weighted by molar-refractivity contribution is 9.10. The van der Waals surface area contributed by atoms with Crippen LogP contribution in [-0.2, 0) is 4.79 Å². The van der Waals surface area contributed by atoms with Crippen molar-refractivity contribution in [3.63, 3.8) is 0 Å². The zero-order valence-corrected chi connectivity index (χ0v) is 11.0. The van der Waals surface area contributed by atoms with Crippen LogP contribution in [0.5, 0.6) is 0 Å². The van der Waals surface area contributed by atoms with E-state index in [1.54, 1.807) is 0 Å². The van der Waals surface area contributed by atoms with Gasteiger partial charge in [-0.15, -0.1) is 0 Å². The SMILES string of the molecule is O=C(O)C1(Nc2ccc(Br)cc2)CCNCC1. The van der Waals surface area contributed by atoms with E-state index in [0.717, 1.165) is 23.2 Å². The van der Waals surface area contributed by atoms with Crippen LogP contribution in [0.2, 0.25) is 0 Å². The van der Waals surface area contributed by atoms with Gasteiger partial charge in [0, 0.05) is 10.2 Å². The fourth-order valence-electron chi connectivity index (χ4n) is 2.06. The molecule has 1 saturated heterocycles. The fraction of sp³-hybridized carbons (Fsp3) is 0.417. The number of carbonyl (C=O) groups is 1. The zero-order chi connectivity index (χ0) is 12.3. The minimum atomic E-state index is -0.834.